The van der Waals surface area contributed by atoms with Gasteiger partial charge < -0.3 is 25.2 Å². The summed E-state index contributed by atoms with van der Waals surface area (Å²) >= 11 is 0. The molecule has 0 saturated carbocycles. The zero-order valence-electron chi connectivity index (χ0n) is 15.9. The molecule has 3 rings (SSSR count). The highest BCUT2D eigenvalue weighted by Gasteiger charge is 2.22. The second-order valence-corrected chi connectivity index (χ2v) is 6.35. The lowest BCUT2D eigenvalue weighted by Crippen LogP contribution is -2.41. The van der Waals surface area contributed by atoms with Gasteiger partial charge in [0, 0.05) is 24.7 Å². The number of morpholine rings is 1. The van der Waals surface area contributed by atoms with Gasteiger partial charge in [0.1, 0.15) is 11.5 Å². The molecule has 0 bridgehead atoms. The minimum Gasteiger partial charge on any atom is -0.508 e. The van der Waals surface area contributed by atoms with E-state index in [1.807, 2.05) is 5.43 Å². The third-order valence-electron chi connectivity index (χ3n) is 4.29. The van der Waals surface area contributed by atoms with Gasteiger partial charge in [0.2, 0.25) is 0 Å². The van der Waals surface area contributed by atoms with Crippen molar-refractivity contribution in [2.75, 3.05) is 31.6 Å². The van der Waals surface area contributed by atoms with Gasteiger partial charge in [-0.3, -0.25) is 14.4 Å². The number of aromatic hydroxyl groups is 2. The Labute approximate surface area is 171 Å². The smallest absolute Gasteiger partial charge is 0.329 e. The molecule has 1 aliphatic heterocycles. The number of amides is 3. The molecule has 10 nitrogen and oxygen atoms in total. The van der Waals surface area contributed by atoms with Crippen LogP contribution in [-0.2, 0) is 14.3 Å². The van der Waals surface area contributed by atoms with Crippen molar-refractivity contribution < 1.29 is 29.3 Å². The van der Waals surface area contributed by atoms with E-state index in [4.69, 9.17) is 4.74 Å². The van der Waals surface area contributed by atoms with Gasteiger partial charge in [0.25, 0.3) is 5.91 Å². The van der Waals surface area contributed by atoms with Crippen molar-refractivity contribution in [1.29, 1.82) is 0 Å². The van der Waals surface area contributed by atoms with Crippen LogP contribution >= 0.6 is 0 Å². The van der Waals surface area contributed by atoms with Gasteiger partial charge in [0.15, 0.2) is 0 Å². The van der Waals surface area contributed by atoms with E-state index < -0.39 is 11.8 Å². The summed E-state index contributed by atoms with van der Waals surface area (Å²) in [6, 6.07) is 10.2. The number of para-hydroxylation sites is 1. The molecule has 156 valence electrons. The number of anilines is 1. The lowest BCUT2D eigenvalue weighted by atomic mass is 10.1. The van der Waals surface area contributed by atoms with E-state index in [1.54, 1.807) is 23.1 Å². The van der Waals surface area contributed by atoms with Gasteiger partial charge >= 0.3 is 11.8 Å². The van der Waals surface area contributed by atoms with E-state index >= 15 is 0 Å². The third kappa shape index (κ3) is 5.11. The molecule has 1 saturated heterocycles. The van der Waals surface area contributed by atoms with Crippen LogP contribution in [0.2, 0.25) is 0 Å². The second kappa shape index (κ2) is 9.52. The van der Waals surface area contributed by atoms with Gasteiger partial charge in [0.05, 0.1) is 30.7 Å². The largest absolute Gasteiger partial charge is 0.508 e. The van der Waals surface area contributed by atoms with Gasteiger partial charge in [-0.05, 0) is 24.3 Å². The van der Waals surface area contributed by atoms with Crippen LogP contribution in [0.3, 0.4) is 0 Å². The number of hydrogen-bond donors (Lipinski definition) is 4. The molecule has 3 amide bonds. The predicted octanol–water partition coefficient (Wildman–Crippen LogP) is 0.659. The lowest BCUT2D eigenvalue weighted by Gasteiger charge is -2.27. The fourth-order valence-electron chi connectivity index (χ4n) is 2.75. The highest BCUT2D eigenvalue weighted by molar-refractivity contribution is 6.40. The first-order valence-electron chi connectivity index (χ1n) is 9.08. The van der Waals surface area contributed by atoms with Crippen LogP contribution in [0.1, 0.15) is 15.9 Å². The van der Waals surface area contributed by atoms with Crippen LogP contribution in [0.25, 0.3) is 0 Å². The maximum absolute atomic E-state index is 12.7. The Balaban J connectivity index is 1.63. The number of carbonyl (C=O) groups excluding carboxylic acids is 3. The molecule has 0 unspecified atom stereocenters. The minimum atomic E-state index is -1.06. The monoisotopic (exact) mass is 412 g/mol. The molecule has 4 N–H and O–H groups in total. The number of ether oxygens (including phenoxy) is 1. The van der Waals surface area contributed by atoms with Crippen molar-refractivity contribution in [1.82, 2.24) is 10.3 Å². The summed E-state index contributed by atoms with van der Waals surface area (Å²) in [5.74, 6) is -2.70. The Morgan fingerprint density at radius 1 is 1.03 bits per heavy atom. The van der Waals surface area contributed by atoms with E-state index in [1.165, 1.54) is 18.2 Å². The first-order chi connectivity index (χ1) is 14.5. The molecule has 0 atom stereocenters. The van der Waals surface area contributed by atoms with Gasteiger partial charge in [-0.15, -0.1) is 0 Å². The number of hydrazone groups is 1. The minimum absolute atomic E-state index is 0.127. The van der Waals surface area contributed by atoms with Crippen molar-refractivity contribution in [3.63, 3.8) is 0 Å². The fraction of sp³-hybridized carbons (Fsp3) is 0.200. The molecule has 0 spiro atoms. The second-order valence-electron chi connectivity index (χ2n) is 6.35. The summed E-state index contributed by atoms with van der Waals surface area (Å²) in [5, 5.41) is 24.9. The molecule has 1 aliphatic rings. The first-order valence-corrected chi connectivity index (χ1v) is 9.08. The van der Waals surface area contributed by atoms with Crippen LogP contribution in [-0.4, -0.2) is 65.4 Å². The highest BCUT2D eigenvalue weighted by Crippen LogP contribution is 2.21. The maximum Gasteiger partial charge on any atom is 0.329 e. The Hall–Kier alpha value is -3.92. The first kappa shape index (κ1) is 20.8. The summed E-state index contributed by atoms with van der Waals surface area (Å²) in [5.41, 5.74) is 2.73. The van der Waals surface area contributed by atoms with Gasteiger partial charge in [-0.1, -0.05) is 12.1 Å². The summed E-state index contributed by atoms with van der Waals surface area (Å²) in [4.78, 5) is 38.5. The maximum atomic E-state index is 12.7. The van der Waals surface area contributed by atoms with Crippen molar-refractivity contribution in [2.24, 2.45) is 5.10 Å². The van der Waals surface area contributed by atoms with Gasteiger partial charge in [-0.2, -0.15) is 5.10 Å². The van der Waals surface area contributed by atoms with E-state index in [0.29, 0.717) is 26.3 Å². The molecule has 10 heteroatoms. The Kier molecular flexibility index (Phi) is 6.60. The normalized spacial score (nSPS) is 13.8. The van der Waals surface area contributed by atoms with E-state index in [2.05, 4.69) is 10.4 Å². The molecule has 0 radical (unpaired) electrons. The van der Waals surface area contributed by atoms with Crippen molar-refractivity contribution >= 4 is 29.6 Å². The topological polar surface area (TPSA) is 141 Å². The Bertz CT molecular complexity index is 985. The number of phenols is 2. The number of hydrogen-bond acceptors (Lipinski definition) is 7. The van der Waals surface area contributed by atoms with Crippen LogP contribution in [0, 0.1) is 0 Å². The molecular weight excluding hydrogens is 392 g/mol. The van der Waals surface area contributed by atoms with Crippen molar-refractivity contribution in [3.05, 3.63) is 53.6 Å². The Morgan fingerprint density at radius 3 is 2.50 bits per heavy atom. The van der Waals surface area contributed by atoms with E-state index in [9.17, 15) is 24.6 Å². The standard InChI is InChI=1S/C20H20N4O6/c25-14-6-5-13(17(26)11-14)12-21-23-19(28)18(27)22-16-4-2-1-3-15(16)20(29)24-7-9-30-10-8-24/h1-6,11-12,25-26H,7-10H2,(H,22,27)(H,23,28)/b21-12-. The zero-order chi connectivity index (χ0) is 21.5. The lowest BCUT2D eigenvalue weighted by molar-refractivity contribution is -0.136. The SMILES string of the molecule is O=C(N/N=C\c1ccc(O)cc1O)C(=O)Nc1ccccc1C(=O)N1CCOCC1. The molecular formula is C20H20N4O6. The number of phenolic OH excluding ortho intramolecular Hbond substituents is 2. The fourth-order valence-corrected chi connectivity index (χ4v) is 2.75. The molecule has 0 aliphatic carbocycles. The number of carbonyl (C=O) groups is 3. The van der Waals surface area contributed by atoms with Crippen LogP contribution in [0.5, 0.6) is 11.5 Å². The summed E-state index contributed by atoms with van der Waals surface area (Å²) < 4.78 is 5.24. The van der Waals surface area contributed by atoms with Crippen molar-refractivity contribution in [3.8, 4) is 11.5 Å². The molecule has 0 aromatic heterocycles. The summed E-state index contributed by atoms with van der Waals surface area (Å²) in [6.45, 7) is 1.77. The number of nitrogens with zero attached hydrogens (tertiary/aromatic N) is 2. The predicted molar refractivity (Wildman–Crippen MR) is 107 cm³/mol. The highest BCUT2D eigenvalue weighted by atomic mass is 16.5. The molecule has 30 heavy (non-hydrogen) atoms. The van der Waals surface area contributed by atoms with Gasteiger partial charge in [-0.25, -0.2) is 5.43 Å². The summed E-state index contributed by atoms with van der Waals surface area (Å²) in [7, 11) is 0. The number of rotatable bonds is 4. The van der Waals surface area contributed by atoms with Crippen molar-refractivity contribution in [2.45, 2.75) is 0 Å². The molecule has 1 heterocycles. The summed E-state index contributed by atoms with van der Waals surface area (Å²) in [6.07, 6.45) is 1.12. The third-order valence-corrected chi connectivity index (χ3v) is 4.29. The number of nitrogens with one attached hydrogen (secondary N) is 2. The van der Waals surface area contributed by atoms with Crippen LogP contribution in [0.15, 0.2) is 47.6 Å². The Morgan fingerprint density at radius 2 is 1.77 bits per heavy atom. The van der Waals surface area contributed by atoms with E-state index in [0.717, 1.165) is 12.3 Å². The van der Waals surface area contributed by atoms with E-state index in [-0.39, 0.29) is 34.2 Å². The number of benzene rings is 2. The molecule has 2 aromatic rings. The molecule has 2 aromatic carbocycles. The van der Waals surface area contributed by atoms with Crippen LogP contribution < -0.4 is 10.7 Å². The average Bonchev–Trinajstić information content (AvgIpc) is 2.75. The average molecular weight is 412 g/mol. The van der Waals surface area contributed by atoms with Crippen LogP contribution in [0.4, 0.5) is 5.69 Å². The quantitative estimate of drug-likeness (QED) is 0.330. The zero-order valence-corrected chi connectivity index (χ0v) is 15.9. The molecule has 1 fully saturated rings.